The number of ether oxygens (including phenoxy) is 1. The Kier molecular flexibility index (Phi) is 6.17. The first-order valence-corrected chi connectivity index (χ1v) is 8.07. The van der Waals surface area contributed by atoms with E-state index in [0.29, 0.717) is 12.8 Å². The van der Waals surface area contributed by atoms with Gasteiger partial charge in [0.25, 0.3) is 0 Å². The molecule has 2 unspecified atom stereocenters. The molecule has 2 aromatic carbocycles. The molecule has 0 saturated carbocycles. The summed E-state index contributed by atoms with van der Waals surface area (Å²) in [6.45, 7) is 1.81. The lowest BCUT2D eigenvalue weighted by Gasteiger charge is -2.33. The molecular formula is C20H23NO4. The van der Waals surface area contributed by atoms with Gasteiger partial charge in [-0.05, 0) is 43.0 Å². The van der Waals surface area contributed by atoms with Crippen LogP contribution in [0.25, 0.3) is 0 Å². The Bertz CT molecular complexity index is 712. The third kappa shape index (κ3) is 4.59. The number of phenols is 1. The summed E-state index contributed by atoms with van der Waals surface area (Å²) >= 11 is 0. The Hall–Kier alpha value is -2.82. The number of phenolic OH excluding ortho intramolecular Hbond substituents is 1. The molecule has 0 aliphatic carbocycles. The standard InChI is InChI=1S/C20H23NO4/c1-20(19(23)25-2,13-16-8-10-18(22)11-9-16)17(14-21-24)12-15-6-4-3-5-7-15/h3-11,14,17,22,24H,12-13H2,1-2H3. The van der Waals surface area contributed by atoms with Crippen LogP contribution in [0.5, 0.6) is 5.75 Å². The van der Waals surface area contributed by atoms with Crippen LogP contribution in [-0.4, -0.2) is 29.6 Å². The second kappa shape index (κ2) is 8.33. The maximum absolute atomic E-state index is 12.6. The predicted molar refractivity (Wildman–Crippen MR) is 95.8 cm³/mol. The van der Waals surface area contributed by atoms with Crippen LogP contribution < -0.4 is 0 Å². The third-order valence-corrected chi connectivity index (χ3v) is 4.52. The van der Waals surface area contributed by atoms with Crippen LogP contribution in [0.1, 0.15) is 18.1 Å². The summed E-state index contributed by atoms with van der Waals surface area (Å²) in [6, 6.07) is 16.4. The highest BCUT2D eigenvalue weighted by Crippen LogP contribution is 2.35. The highest BCUT2D eigenvalue weighted by atomic mass is 16.5. The zero-order valence-electron chi connectivity index (χ0n) is 14.4. The molecule has 2 rings (SSSR count). The summed E-state index contributed by atoms with van der Waals surface area (Å²) < 4.78 is 5.04. The van der Waals surface area contributed by atoms with Crippen molar-refractivity contribution in [1.82, 2.24) is 0 Å². The van der Waals surface area contributed by atoms with Crippen molar-refractivity contribution in [2.75, 3.05) is 7.11 Å². The minimum absolute atomic E-state index is 0.168. The largest absolute Gasteiger partial charge is 0.508 e. The number of methoxy groups -OCH3 is 1. The van der Waals surface area contributed by atoms with E-state index in [1.165, 1.54) is 13.3 Å². The molecule has 0 aromatic heterocycles. The topological polar surface area (TPSA) is 79.1 Å². The number of hydrogen-bond donors (Lipinski definition) is 2. The molecule has 0 fully saturated rings. The van der Waals surface area contributed by atoms with E-state index in [4.69, 9.17) is 9.94 Å². The van der Waals surface area contributed by atoms with E-state index < -0.39 is 5.41 Å². The fourth-order valence-electron chi connectivity index (χ4n) is 3.02. The fourth-order valence-corrected chi connectivity index (χ4v) is 3.02. The number of benzene rings is 2. The summed E-state index contributed by atoms with van der Waals surface area (Å²) in [5.74, 6) is -0.566. The highest BCUT2D eigenvalue weighted by molar-refractivity contribution is 5.82. The molecular weight excluding hydrogens is 318 g/mol. The van der Waals surface area contributed by atoms with Gasteiger partial charge in [-0.1, -0.05) is 42.5 Å². The van der Waals surface area contributed by atoms with Gasteiger partial charge in [-0.25, -0.2) is 0 Å². The van der Waals surface area contributed by atoms with Gasteiger partial charge in [0.05, 0.1) is 12.5 Å². The van der Waals surface area contributed by atoms with Crippen molar-refractivity contribution in [3.05, 3.63) is 65.7 Å². The summed E-state index contributed by atoms with van der Waals surface area (Å²) in [5, 5.41) is 21.8. The number of carbonyl (C=O) groups is 1. The number of nitrogens with zero attached hydrogens (tertiary/aromatic N) is 1. The van der Waals surface area contributed by atoms with Crippen LogP contribution in [0, 0.1) is 11.3 Å². The van der Waals surface area contributed by atoms with Crippen LogP contribution in [0.2, 0.25) is 0 Å². The first-order valence-electron chi connectivity index (χ1n) is 8.07. The molecule has 0 bridgehead atoms. The number of oxime groups is 1. The van der Waals surface area contributed by atoms with Gasteiger partial charge in [0.2, 0.25) is 0 Å². The van der Waals surface area contributed by atoms with Crippen molar-refractivity contribution in [2.24, 2.45) is 16.5 Å². The third-order valence-electron chi connectivity index (χ3n) is 4.52. The Labute approximate surface area is 147 Å². The molecule has 25 heavy (non-hydrogen) atoms. The maximum Gasteiger partial charge on any atom is 0.312 e. The van der Waals surface area contributed by atoms with Crippen molar-refractivity contribution < 1.29 is 19.8 Å². The minimum atomic E-state index is -0.923. The van der Waals surface area contributed by atoms with Crippen molar-refractivity contribution >= 4 is 12.2 Å². The monoisotopic (exact) mass is 341 g/mol. The summed E-state index contributed by atoms with van der Waals surface area (Å²) in [7, 11) is 1.35. The van der Waals surface area contributed by atoms with Crippen LogP contribution >= 0.6 is 0 Å². The van der Waals surface area contributed by atoms with Gasteiger partial charge in [0.15, 0.2) is 0 Å². The lowest BCUT2D eigenvalue weighted by atomic mass is 9.70. The summed E-state index contributed by atoms with van der Waals surface area (Å²) in [6.07, 6.45) is 2.32. The highest BCUT2D eigenvalue weighted by Gasteiger charge is 2.42. The second-order valence-corrected chi connectivity index (χ2v) is 6.31. The van der Waals surface area contributed by atoms with E-state index in [1.54, 1.807) is 31.2 Å². The average molecular weight is 341 g/mol. The summed E-state index contributed by atoms with van der Waals surface area (Å²) in [5.41, 5.74) is 0.997. The van der Waals surface area contributed by atoms with E-state index in [0.717, 1.165) is 11.1 Å². The van der Waals surface area contributed by atoms with Gasteiger partial charge >= 0.3 is 5.97 Å². The normalized spacial score (nSPS) is 14.8. The number of esters is 1. The lowest BCUT2D eigenvalue weighted by molar-refractivity contribution is -0.153. The van der Waals surface area contributed by atoms with Crippen LogP contribution in [0.3, 0.4) is 0 Å². The second-order valence-electron chi connectivity index (χ2n) is 6.31. The molecule has 0 aliphatic heterocycles. The fraction of sp³-hybridized carbons (Fsp3) is 0.300. The maximum atomic E-state index is 12.6. The van der Waals surface area contributed by atoms with E-state index >= 15 is 0 Å². The van der Waals surface area contributed by atoms with Crippen LogP contribution in [-0.2, 0) is 22.4 Å². The quantitative estimate of drug-likeness (QED) is 0.350. The molecule has 0 heterocycles. The van der Waals surface area contributed by atoms with Gasteiger partial charge < -0.3 is 15.1 Å². The number of aromatic hydroxyl groups is 1. The average Bonchev–Trinajstić information content (AvgIpc) is 2.63. The van der Waals surface area contributed by atoms with E-state index in [9.17, 15) is 9.90 Å². The van der Waals surface area contributed by atoms with Gasteiger partial charge in [-0.3, -0.25) is 4.79 Å². The van der Waals surface area contributed by atoms with Crippen molar-refractivity contribution in [2.45, 2.75) is 19.8 Å². The van der Waals surface area contributed by atoms with Crippen molar-refractivity contribution in [1.29, 1.82) is 0 Å². The molecule has 0 amide bonds. The lowest BCUT2D eigenvalue weighted by Crippen LogP contribution is -2.41. The molecule has 5 heteroatoms. The molecule has 0 spiro atoms. The molecule has 2 N–H and O–H groups in total. The Morgan fingerprint density at radius 1 is 1.16 bits per heavy atom. The summed E-state index contributed by atoms with van der Waals surface area (Å²) in [4.78, 5) is 12.6. The number of hydrogen-bond acceptors (Lipinski definition) is 5. The van der Waals surface area contributed by atoms with E-state index in [1.807, 2.05) is 30.3 Å². The molecule has 2 atom stereocenters. The Balaban J connectivity index is 2.36. The molecule has 132 valence electrons. The van der Waals surface area contributed by atoms with E-state index in [-0.39, 0.29) is 17.6 Å². The molecule has 0 radical (unpaired) electrons. The SMILES string of the molecule is COC(=O)C(C)(Cc1ccc(O)cc1)C(C=NO)Cc1ccccc1. The number of carbonyl (C=O) groups excluding carboxylic acids is 1. The Morgan fingerprint density at radius 2 is 1.80 bits per heavy atom. The van der Waals surface area contributed by atoms with Crippen LogP contribution in [0.4, 0.5) is 0 Å². The molecule has 2 aromatic rings. The van der Waals surface area contributed by atoms with Gasteiger partial charge in [0, 0.05) is 12.1 Å². The predicted octanol–water partition coefficient (Wildman–Crippen LogP) is 3.43. The van der Waals surface area contributed by atoms with Crippen molar-refractivity contribution in [3.8, 4) is 5.75 Å². The zero-order chi connectivity index (χ0) is 18.3. The smallest absolute Gasteiger partial charge is 0.312 e. The number of rotatable bonds is 7. The molecule has 0 aliphatic rings. The van der Waals surface area contributed by atoms with Gasteiger partial charge in [-0.2, -0.15) is 0 Å². The molecule has 0 saturated heterocycles. The van der Waals surface area contributed by atoms with Gasteiger partial charge in [0.1, 0.15) is 5.75 Å². The minimum Gasteiger partial charge on any atom is -0.508 e. The van der Waals surface area contributed by atoms with Gasteiger partial charge in [-0.15, -0.1) is 5.16 Å². The zero-order valence-corrected chi connectivity index (χ0v) is 14.4. The molecule has 5 nitrogen and oxygen atoms in total. The van der Waals surface area contributed by atoms with Crippen molar-refractivity contribution in [3.63, 3.8) is 0 Å². The van der Waals surface area contributed by atoms with E-state index in [2.05, 4.69) is 5.16 Å². The first kappa shape index (κ1) is 18.5. The Morgan fingerprint density at radius 3 is 2.36 bits per heavy atom. The first-order chi connectivity index (χ1) is 12.0. The van der Waals surface area contributed by atoms with Crippen LogP contribution in [0.15, 0.2) is 59.8 Å².